The second-order valence-corrected chi connectivity index (χ2v) is 3.30. The maximum absolute atomic E-state index is 12.8. The number of ether oxygens (including phenoxy) is 2. The van der Waals surface area contributed by atoms with Gasteiger partial charge in [-0.1, -0.05) is 6.07 Å². The molecule has 1 aromatic carbocycles. The Morgan fingerprint density at radius 2 is 1.94 bits per heavy atom. The van der Waals surface area contributed by atoms with Crippen LogP contribution in [0.5, 0.6) is 17.5 Å². The largest absolute Gasteiger partial charge is 0.481 e. The molecule has 0 unspecified atom stereocenters. The second kappa shape index (κ2) is 4.69. The minimum atomic E-state index is -0.409. The van der Waals surface area contributed by atoms with Gasteiger partial charge in [0.25, 0.3) is 0 Å². The van der Waals surface area contributed by atoms with Crippen molar-refractivity contribution < 1.29 is 13.9 Å². The molecule has 17 heavy (non-hydrogen) atoms. The van der Waals surface area contributed by atoms with Crippen LogP contribution in [-0.4, -0.2) is 12.1 Å². The van der Waals surface area contributed by atoms with Gasteiger partial charge in [-0.15, -0.1) is 0 Å². The summed E-state index contributed by atoms with van der Waals surface area (Å²) in [6, 6.07) is 9.00. The highest BCUT2D eigenvalue weighted by atomic mass is 19.1. The Morgan fingerprint density at radius 3 is 2.65 bits per heavy atom. The van der Waals surface area contributed by atoms with Gasteiger partial charge in [-0.3, -0.25) is 0 Å². The normalized spacial score (nSPS) is 10.0. The molecule has 0 aliphatic carbocycles. The third-order valence-electron chi connectivity index (χ3n) is 2.09. The van der Waals surface area contributed by atoms with E-state index in [0.29, 0.717) is 17.5 Å². The molecule has 5 heteroatoms. The number of hydrogen-bond acceptors (Lipinski definition) is 4. The van der Waals surface area contributed by atoms with Crippen molar-refractivity contribution in [2.45, 2.75) is 0 Å². The van der Waals surface area contributed by atoms with Crippen LogP contribution in [0, 0.1) is 5.82 Å². The van der Waals surface area contributed by atoms with Crippen LogP contribution in [0.25, 0.3) is 0 Å². The molecule has 2 aromatic rings. The van der Waals surface area contributed by atoms with Crippen LogP contribution in [0.1, 0.15) is 0 Å². The molecule has 0 bridgehead atoms. The lowest BCUT2D eigenvalue weighted by molar-refractivity contribution is 0.383. The van der Waals surface area contributed by atoms with E-state index in [1.54, 1.807) is 18.2 Å². The van der Waals surface area contributed by atoms with E-state index in [0.717, 1.165) is 0 Å². The highest BCUT2D eigenvalue weighted by molar-refractivity contribution is 5.53. The minimum Gasteiger partial charge on any atom is -0.481 e. The van der Waals surface area contributed by atoms with Crippen LogP contribution >= 0.6 is 0 Å². The molecule has 0 aliphatic rings. The molecule has 0 radical (unpaired) electrons. The number of nitrogens with two attached hydrogens (primary N) is 1. The predicted octanol–water partition coefficient (Wildman–Crippen LogP) is 2.60. The quantitative estimate of drug-likeness (QED) is 0.829. The number of aromatic nitrogens is 1. The zero-order valence-electron chi connectivity index (χ0n) is 9.18. The Hall–Kier alpha value is -2.30. The van der Waals surface area contributed by atoms with Crippen LogP contribution < -0.4 is 15.2 Å². The van der Waals surface area contributed by atoms with E-state index < -0.39 is 5.82 Å². The van der Waals surface area contributed by atoms with Crippen molar-refractivity contribution in [2.75, 3.05) is 12.8 Å². The number of hydrogen-bond donors (Lipinski definition) is 1. The van der Waals surface area contributed by atoms with Crippen LogP contribution in [0.4, 0.5) is 10.1 Å². The highest BCUT2D eigenvalue weighted by Crippen LogP contribution is 2.27. The first-order valence-corrected chi connectivity index (χ1v) is 4.93. The Bertz CT molecular complexity index is 532. The predicted molar refractivity (Wildman–Crippen MR) is 61.7 cm³/mol. The molecule has 0 fully saturated rings. The van der Waals surface area contributed by atoms with Crippen molar-refractivity contribution >= 4 is 5.69 Å². The summed E-state index contributed by atoms with van der Waals surface area (Å²) in [5.74, 6) is 0.714. The Morgan fingerprint density at radius 1 is 1.18 bits per heavy atom. The van der Waals surface area contributed by atoms with Crippen LogP contribution in [0.15, 0.2) is 36.4 Å². The van der Waals surface area contributed by atoms with Gasteiger partial charge in [0, 0.05) is 18.2 Å². The fourth-order valence-corrected chi connectivity index (χ4v) is 1.29. The van der Waals surface area contributed by atoms with Gasteiger partial charge in [-0.2, -0.15) is 4.98 Å². The lowest BCUT2D eigenvalue weighted by Crippen LogP contribution is -1.95. The molecule has 4 nitrogen and oxygen atoms in total. The third-order valence-corrected chi connectivity index (χ3v) is 2.09. The molecular formula is C12H11FN2O2. The van der Waals surface area contributed by atoms with Gasteiger partial charge in [-0.25, -0.2) is 4.39 Å². The zero-order valence-corrected chi connectivity index (χ0v) is 9.18. The average molecular weight is 234 g/mol. The van der Waals surface area contributed by atoms with E-state index in [1.807, 2.05) is 0 Å². The number of nitrogen functional groups attached to an aromatic ring is 1. The van der Waals surface area contributed by atoms with Crippen LogP contribution in [0.3, 0.4) is 0 Å². The number of halogens is 1. The monoisotopic (exact) mass is 234 g/mol. The van der Waals surface area contributed by atoms with Gasteiger partial charge in [0.05, 0.1) is 12.8 Å². The third kappa shape index (κ3) is 2.63. The van der Waals surface area contributed by atoms with Crippen molar-refractivity contribution in [1.29, 1.82) is 0 Å². The first-order chi connectivity index (χ1) is 8.19. The topological polar surface area (TPSA) is 57.4 Å². The number of benzene rings is 1. The van der Waals surface area contributed by atoms with E-state index in [1.165, 1.54) is 25.3 Å². The van der Waals surface area contributed by atoms with Crippen LogP contribution in [0.2, 0.25) is 0 Å². The molecule has 88 valence electrons. The summed E-state index contributed by atoms with van der Waals surface area (Å²) in [6.07, 6.45) is 0. The van der Waals surface area contributed by atoms with E-state index in [2.05, 4.69) is 4.98 Å². The van der Waals surface area contributed by atoms with Gasteiger partial charge in [-0.05, 0) is 12.1 Å². The van der Waals surface area contributed by atoms with Gasteiger partial charge in [0.1, 0.15) is 5.82 Å². The molecule has 1 aromatic heterocycles. The van der Waals surface area contributed by atoms with Gasteiger partial charge >= 0.3 is 0 Å². The van der Waals surface area contributed by atoms with Crippen molar-refractivity contribution in [1.82, 2.24) is 4.98 Å². The van der Waals surface area contributed by atoms with Crippen molar-refractivity contribution in [2.24, 2.45) is 0 Å². The summed E-state index contributed by atoms with van der Waals surface area (Å²) >= 11 is 0. The number of methoxy groups -OCH3 is 1. The minimum absolute atomic E-state index is 0.217. The van der Waals surface area contributed by atoms with Gasteiger partial charge < -0.3 is 15.2 Å². The summed E-state index contributed by atoms with van der Waals surface area (Å²) in [5.41, 5.74) is 5.83. The summed E-state index contributed by atoms with van der Waals surface area (Å²) in [4.78, 5) is 4.06. The van der Waals surface area contributed by atoms with Crippen LogP contribution in [-0.2, 0) is 0 Å². The maximum Gasteiger partial charge on any atom is 0.222 e. The second-order valence-electron chi connectivity index (χ2n) is 3.30. The van der Waals surface area contributed by atoms with E-state index in [9.17, 15) is 4.39 Å². The lowest BCUT2D eigenvalue weighted by atomic mass is 10.3. The van der Waals surface area contributed by atoms with Gasteiger partial charge in [0.2, 0.25) is 11.8 Å². The number of nitrogens with zero attached hydrogens (tertiary/aromatic N) is 1. The Kier molecular flexibility index (Phi) is 3.09. The highest BCUT2D eigenvalue weighted by Gasteiger charge is 2.05. The molecule has 0 amide bonds. The first kappa shape index (κ1) is 11.2. The molecule has 2 N–H and O–H groups in total. The van der Waals surface area contributed by atoms with Crippen molar-refractivity contribution in [3.05, 3.63) is 42.2 Å². The molecule has 0 saturated heterocycles. The molecule has 1 heterocycles. The molecular weight excluding hydrogens is 223 g/mol. The van der Waals surface area contributed by atoms with Crippen molar-refractivity contribution in [3.8, 4) is 17.5 Å². The summed E-state index contributed by atoms with van der Waals surface area (Å²) < 4.78 is 23.2. The first-order valence-electron chi connectivity index (χ1n) is 4.93. The Balaban J connectivity index is 2.25. The standard InChI is InChI=1S/C12H11FN2O2/c1-16-11-3-2-4-12(15-11)17-10-6-5-8(13)7-9(10)14/h2-7H,14H2,1H3. The average Bonchev–Trinajstić information content (AvgIpc) is 2.33. The molecule has 0 spiro atoms. The summed E-state index contributed by atoms with van der Waals surface area (Å²) in [6.45, 7) is 0. The van der Waals surface area contributed by atoms with Gasteiger partial charge in [0.15, 0.2) is 5.75 Å². The Labute approximate surface area is 97.8 Å². The fourth-order valence-electron chi connectivity index (χ4n) is 1.29. The SMILES string of the molecule is COc1cccc(Oc2ccc(F)cc2N)n1. The molecule has 0 aliphatic heterocycles. The smallest absolute Gasteiger partial charge is 0.222 e. The summed E-state index contributed by atoms with van der Waals surface area (Å²) in [7, 11) is 1.51. The maximum atomic E-state index is 12.8. The zero-order chi connectivity index (χ0) is 12.3. The lowest BCUT2D eigenvalue weighted by Gasteiger charge is -2.08. The van der Waals surface area contributed by atoms with E-state index in [-0.39, 0.29) is 5.69 Å². The number of pyridine rings is 1. The number of rotatable bonds is 3. The molecule has 0 atom stereocenters. The van der Waals surface area contributed by atoms with E-state index in [4.69, 9.17) is 15.2 Å². The van der Waals surface area contributed by atoms with Crippen molar-refractivity contribution in [3.63, 3.8) is 0 Å². The van der Waals surface area contributed by atoms with E-state index >= 15 is 0 Å². The molecule has 0 saturated carbocycles. The summed E-state index contributed by atoms with van der Waals surface area (Å²) in [5, 5.41) is 0. The molecule has 2 rings (SSSR count). The number of anilines is 1. The fraction of sp³-hybridized carbons (Fsp3) is 0.0833.